The second-order valence-electron chi connectivity index (χ2n) is 7.21. The van der Waals surface area contributed by atoms with Crippen LogP contribution in [0.2, 0.25) is 10.0 Å². The van der Waals surface area contributed by atoms with Gasteiger partial charge in [-0.05, 0) is 37.1 Å². The Bertz CT molecular complexity index is 1000. The lowest BCUT2D eigenvalue weighted by Gasteiger charge is -2.39. The first kappa shape index (κ1) is 22.5. The summed E-state index contributed by atoms with van der Waals surface area (Å²) in [6.07, 6.45) is -4.11. The molecule has 0 radical (unpaired) electrons. The van der Waals surface area contributed by atoms with E-state index in [4.69, 9.17) is 27.9 Å². The number of benzene rings is 2. The SMILES string of the molecule is O=C1OCc2c(Cl)cccc2N1C1CCN([S+]([O-])c2cc(C(F)(F)F)ccc2Cl)CC1. The average Bonchev–Trinajstić information content (AvgIpc) is 2.73. The van der Waals surface area contributed by atoms with Crippen LogP contribution in [-0.2, 0) is 28.9 Å². The highest BCUT2D eigenvalue weighted by Crippen LogP contribution is 2.38. The number of hydrogen-bond donors (Lipinski definition) is 0. The first-order valence-electron chi connectivity index (χ1n) is 9.44. The van der Waals surface area contributed by atoms with Crippen molar-refractivity contribution in [2.75, 3.05) is 18.0 Å². The second kappa shape index (κ2) is 8.71. The molecule has 2 heterocycles. The molecule has 2 aliphatic rings. The van der Waals surface area contributed by atoms with Crippen LogP contribution in [-0.4, -0.2) is 34.1 Å². The Kier molecular flexibility index (Phi) is 6.33. The van der Waals surface area contributed by atoms with Gasteiger partial charge in [0, 0.05) is 35.8 Å². The number of hydrogen-bond acceptors (Lipinski definition) is 4. The first-order chi connectivity index (χ1) is 14.7. The summed E-state index contributed by atoms with van der Waals surface area (Å²) in [6.45, 7) is 0.717. The van der Waals surface area contributed by atoms with Crippen molar-refractivity contribution in [3.05, 3.63) is 57.6 Å². The zero-order valence-electron chi connectivity index (χ0n) is 16.0. The number of carbonyl (C=O) groups excluding carboxylic acids is 1. The van der Waals surface area contributed by atoms with Gasteiger partial charge in [-0.1, -0.05) is 29.3 Å². The number of fused-ring (bicyclic) bond motifs is 1. The maximum Gasteiger partial charge on any atom is 0.416 e. The number of alkyl halides is 3. The van der Waals surface area contributed by atoms with E-state index < -0.39 is 29.2 Å². The van der Waals surface area contributed by atoms with E-state index in [1.54, 1.807) is 27.4 Å². The number of ether oxygens (including phenoxy) is 1. The van der Waals surface area contributed by atoms with E-state index in [0.29, 0.717) is 36.6 Å². The van der Waals surface area contributed by atoms with Gasteiger partial charge < -0.3 is 9.29 Å². The van der Waals surface area contributed by atoms with Crippen LogP contribution in [0.1, 0.15) is 24.0 Å². The monoisotopic (exact) mass is 492 g/mol. The fraction of sp³-hybridized carbons (Fsp3) is 0.350. The summed E-state index contributed by atoms with van der Waals surface area (Å²) >= 11 is 10.4. The van der Waals surface area contributed by atoms with E-state index in [1.165, 1.54) is 0 Å². The molecule has 0 aromatic heterocycles. The fourth-order valence-electron chi connectivity index (χ4n) is 3.78. The lowest BCUT2D eigenvalue weighted by atomic mass is 10.0. The van der Waals surface area contributed by atoms with E-state index in [9.17, 15) is 22.5 Å². The van der Waals surface area contributed by atoms with Crippen LogP contribution in [0.15, 0.2) is 41.3 Å². The van der Waals surface area contributed by atoms with Crippen molar-refractivity contribution in [3.63, 3.8) is 0 Å². The number of carbonyl (C=O) groups is 1. The molecule has 5 nitrogen and oxygen atoms in total. The Labute approximate surface area is 190 Å². The van der Waals surface area contributed by atoms with Gasteiger partial charge in [0.15, 0.2) is 4.90 Å². The minimum absolute atomic E-state index is 0.0108. The first-order valence-corrected chi connectivity index (χ1v) is 11.3. The minimum Gasteiger partial charge on any atom is -0.593 e. The summed E-state index contributed by atoms with van der Waals surface area (Å²) < 4.78 is 58.9. The molecule has 4 rings (SSSR count). The van der Waals surface area contributed by atoms with Crippen LogP contribution in [0.3, 0.4) is 0 Å². The van der Waals surface area contributed by atoms with Crippen LogP contribution in [0.5, 0.6) is 0 Å². The Morgan fingerprint density at radius 2 is 1.81 bits per heavy atom. The lowest BCUT2D eigenvalue weighted by molar-refractivity contribution is -0.137. The topological polar surface area (TPSA) is 55.8 Å². The molecule has 2 aromatic carbocycles. The number of piperidine rings is 1. The smallest absolute Gasteiger partial charge is 0.416 e. The van der Waals surface area contributed by atoms with Gasteiger partial charge >= 0.3 is 12.3 Å². The summed E-state index contributed by atoms with van der Waals surface area (Å²) in [7, 11) is 0. The molecule has 1 fully saturated rings. The number of rotatable bonds is 3. The molecule has 2 aromatic rings. The maximum absolute atomic E-state index is 13.0. The highest BCUT2D eigenvalue weighted by atomic mass is 35.5. The molecule has 1 unspecified atom stereocenters. The summed E-state index contributed by atoms with van der Waals surface area (Å²) in [6, 6.07) is 7.86. The molecule has 1 saturated heterocycles. The van der Waals surface area contributed by atoms with Gasteiger partial charge in [-0.15, -0.1) is 4.31 Å². The predicted octanol–water partition coefficient (Wildman–Crippen LogP) is 5.66. The molecule has 2 aliphatic heterocycles. The van der Waals surface area contributed by atoms with Gasteiger partial charge in [0.1, 0.15) is 6.61 Å². The summed E-state index contributed by atoms with van der Waals surface area (Å²) in [5.74, 6) is 0. The van der Waals surface area contributed by atoms with Crippen LogP contribution >= 0.6 is 23.2 Å². The van der Waals surface area contributed by atoms with Crippen molar-refractivity contribution in [2.24, 2.45) is 0 Å². The van der Waals surface area contributed by atoms with E-state index in [1.807, 2.05) is 0 Å². The maximum atomic E-state index is 13.0. The highest BCUT2D eigenvalue weighted by Gasteiger charge is 2.39. The van der Waals surface area contributed by atoms with Gasteiger partial charge in [-0.3, -0.25) is 4.90 Å². The fourth-order valence-corrected chi connectivity index (χ4v) is 5.61. The van der Waals surface area contributed by atoms with Gasteiger partial charge in [-0.2, -0.15) is 13.2 Å². The largest absolute Gasteiger partial charge is 0.593 e. The quantitative estimate of drug-likeness (QED) is 0.519. The summed E-state index contributed by atoms with van der Waals surface area (Å²) in [4.78, 5) is 13.9. The zero-order valence-corrected chi connectivity index (χ0v) is 18.3. The molecule has 1 atom stereocenters. The van der Waals surface area contributed by atoms with Gasteiger partial charge in [-0.25, -0.2) is 4.79 Å². The predicted molar refractivity (Wildman–Crippen MR) is 112 cm³/mol. The Hall–Kier alpha value is -1.65. The number of cyclic esters (lactones) is 1. The van der Waals surface area contributed by atoms with Crippen molar-refractivity contribution in [1.29, 1.82) is 0 Å². The van der Waals surface area contributed by atoms with E-state index in [0.717, 1.165) is 23.8 Å². The molecule has 0 saturated carbocycles. The highest BCUT2D eigenvalue weighted by molar-refractivity contribution is 7.89. The van der Waals surface area contributed by atoms with E-state index in [-0.39, 0.29) is 22.6 Å². The molecule has 0 bridgehead atoms. The van der Waals surface area contributed by atoms with Gasteiger partial charge in [0.25, 0.3) is 0 Å². The standard InChI is InChI=1S/C20H17Cl2F3N2O3S/c21-15-2-1-3-17-14(15)11-30-19(28)27(17)13-6-8-26(9-7-13)31(29)18-10-12(20(23,24)25)4-5-16(18)22/h1-5,10,13H,6-9,11H2. The molecular formula is C20H17Cl2F3N2O3S. The van der Waals surface area contributed by atoms with E-state index in [2.05, 4.69) is 0 Å². The molecule has 31 heavy (non-hydrogen) atoms. The molecular weight excluding hydrogens is 476 g/mol. The molecule has 166 valence electrons. The van der Waals surface area contributed by atoms with Crippen molar-refractivity contribution in [2.45, 2.75) is 36.6 Å². The van der Waals surface area contributed by atoms with Gasteiger partial charge in [0.2, 0.25) is 0 Å². The van der Waals surface area contributed by atoms with Crippen molar-refractivity contribution < 1.29 is 27.3 Å². The Balaban J connectivity index is 1.50. The van der Waals surface area contributed by atoms with Crippen LogP contribution in [0.25, 0.3) is 0 Å². The third-order valence-corrected chi connectivity index (χ3v) is 7.70. The molecule has 1 amide bonds. The average molecular weight is 493 g/mol. The van der Waals surface area contributed by atoms with E-state index >= 15 is 0 Å². The number of amides is 1. The second-order valence-corrected chi connectivity index (χ2v) is 9.48. The Morgan fingerprint density at radius 1 is 1.10 bits per heavy atom. The normalized spacial score (nSPS) is 19.2. The molecule has 0 aliphatic carbocycles. The lowest BCUT2D eigenvalue weighted by Crippen LogP contribution is -2.50. The van der Waals surface area contributed by atoms with Crippen LogP contribution < -0.4 is 4.90 Å². The van der Waals surface area contributed by atoms with Gasteiger partial charge in [0.05, 0.1) is 27.6 Å². The number of anilines is 1. The van der Waals surface area contributed by atoms with Crippen LogP contribution in [0.4, 0.5) is 23.7 Å². The van der Waals surface area contributed by atoms with Crippen LogP contribution in [0, 0.1) is 0 Å². The van der Waals surface area contributed by atoms with Crippen molar-refractivity contribution in [1.82, 2.24) is 4.31 Å². The molecule has 11 heteroatoms. The molecule has 0 spiro atoms. The number of halogens is 5. The third-order valence-electron chi connectivity index (χ3n) is 5.36. The third kappa shape index (κ3) is 4.47. The van der Waals surface area contributed by atoms with Crippen molar-refractivity contribution >= 4 is 46.3 Å². The minimum atomic E-state index is -4.56. The Morgan fingerprint density at radius 3 is 2.48 bits per heavy atom. The molecule has 0 N–H and O–H groups in total. The zero-order chi connectivity index (χ0) is 22.3. The number of nitrogens with zero attached hydrogens (tertiary/aromatic N) is 2. The van der Waals surface area contributed by atoms with Crippen molar-refractivity contribution in [3.8, 4) is 0 Å². The summed E-state index contributed by atoms with van der Waals surface area (Å²) in [5, 5.41) is 0.518. The summed E-state index contributed by atoms with van der Waals surface area (Å²) in [5.41, 5.74) is 0.509.